The third-order valence-electron chi connectivity index (χ3n) is 7.95. The van der Waals surface area contributed by atoms with E-state index in [0.717, 1.165) is 38.6 Å². The van der Waals surface area contributed by atoms with Crippen molar-refractivity contribution in [1.29, 1.82) is 0 Å². The van der Waals surface area contributed by atoms with Gasteiger partial charge in [0.05, 0.1) is 39.7 Å². The molecule has 11 heteroatoms. The summed E-state index contributed by atoms with van der Waals surface area (Å²) in [5.74, 6) is 1.16. The first-order valence-electron chi connectivity index (χ1n) is 13.3. The molecule has 0 bridgehead atoms. The average Bonchev–Trinajstić information content (AvgIpc) is 3.55. The topological polar surface area (TPSA) is 135 Å². The van der Waals surface area contributed by atoms with Crippen molar-refractivity contribution in [3.8, 4) is 11.5 Å². The highest BCUT2D eigenvalue weighted by molar-refractivity contribution is 6.03. The fourth-order valence-electron chi connectivity index (χ4n) is 5.90. The molecule has 0 saturated heterocycles. The van der Waals surface area contributed by atoms with E-state index in [1.807, 2.05) is 43.3 Å². The zero-order valence-corrected chi connectivity index (χ0v) is 23.8. The quantitative estimate of drug-likeness (QED) is 0.266. The lowest BCUT2D eigenvalue weighted by molar-refractivity contribution is 0.0513. The number of hydrogen-bond acceptors (Lipinski definition) is 7. The summed E-state index contributed by atoms with van der Waals surface area (Å²) in [6, 6.07) is 11.4. The van der Waals surface area contributed by atoms with Crippen LogP contribution in [0, 0.1) is 0 Å². The number of ether oxygens (including phenoxy) is 4. The van der Waals surface area contributed by atoms with Gasteiger partial charge in [-0.15, -0.1) is 0 Å². The van der Waals surface area contributed by atoms with Crippen LogP contribution in [0.3, 0.4) is 0 Å². The van der Waals surface area contributed by atoms with Crippen LogP contribution < -0.4 is 14.8 Å². The van der Waals surface area contributed by atoms with Gasteiger partial charge in [0.2, 0.25) is 0 Å². The minimum absolute atomic E-state index is 0.0134. The Hall–Kier alpha value is -4.67. The number of ketones is 1. The number of carbonyl (C=O) groups excluding carboxylic acids is 3. The number of rotatable bonds is 8. The Morgan fingerprint density at radius 2 is 1.59 bits per heavy atom. The number of benzene rings is 2. The van der Waals surface area contributed by atoms with Crippen LogP contribution in [-0.2, 0) is 27.9 Å². The van der Waals surface area contributed by atoms with E-state index in [4.69, 9.17) is 18.9 Å². The molecule has 1 aliphatic heterocycles. The van der Waals surface area contributed by atoms with Crippen molar-refractivity contribution < 1.29 is 33.3 Å². The number of carbonyl (C=O) groups is 3. The first-order chi connectivity index (χ1) is 19.7. The van der Waals surface area contributed by atoms with Crippen molar-refractivity contribution in [2.45, 2.75) is 31.7 Å². The summed E-state index contributed by atoms with van der Waals surface area (Å²) < 4.78 is 20.6. The van der Waals surface area contributed by atoms with Crippen molar-refractivity contribution in [3.63, 3.8) is 0 Å². The van der Waals surface area contributed by atoms with Crippen molar-refractivity contribution in [1.82, 2.24) is 20.2 Å². The van der Waals surface area contributed by atoms with Gasteiger partial charge in [-0.05, 0) is 55.2 Å². The number of nitrogens with zero attached hydrogens (tertiary/aromatic N) is 1. The van der Waals surface area contributed by atoms with E-state index in [-0.39, 0.29) is 18.7 Å². The van der Waals surface area contributed by atoms with Crippen LogP contribution in [0.2, 0.25) is 0 Å². The molecule has 0 radical (unpaired) electrons. The van der Waals surface area contributed by atoms with E-state index in [0.29, 0.717) is 36.6 Å². The van der Waals surface area contributed by atoms with Crippen LogP contribution in [0.4, 0.5) is 9.59 Å². The summed E-state index contributed by atoms with van der Waals surface area (Å²) in [6.07, 6.45) is -0.0773. The van der Waals surface area contributed by atoms with Gasteiger partial charge in [0, 0.05) is 59.1 Å². The molecule has 0 spiro atoms. The number of hydrogen-bond donors (Lipinski definition) is 3. The lowest BCUT2D eigenvalue weighted by Gasteiger charge is -2.43. The van der Waals surface area contributed by atoms with Crippen LogP contribution in [0.1, 0.15) is 40.7 Å². The minimum atomic E-state index is -1.03. The largest absolute Gasteiger partial charge is 0.497 e. The van der Waals surface area contributed by atoms with Gasteiger partial charge in [-0.2, -0.15) is 0 Å². The second kappa shape index (κ2) is 11.1. The number of methoxy groups -OCH3 is 4. The van der Waals surface area contributed by atoms with Gasteiger partial charge < -0.3 is 34.2 Å². The summed E-state index contributed by atoms with van der Waals surface area (Å²) in [7, 11) is 5.83. The summed E-state index contributed by atoms with van der Waals surface area (Å²) >= 11 is 0. The van der Waals surface area contributed by atoms with E-state index in [2.05, 4.69) is 15.3 Å². The molecular formula is C30H34N4O7. The summed E-state index contributed by atoms with van der Waals surface area (Å²) in [4.78, 5) is 47.3. The van der Waals surface area contributed by atoms with Crippen LogP contribution in [0.5, 0.6) is 11.5 Å². The number of nitrogens with one attached hydrogen (secondary N) is 3. The SMILES string of the molecule is COC(=O)NCCc1c(C(=O)CC2(C)c3[nH]c4cc(OC)ccc4c3CCN2C(=O)OC)[nH]c2cc(OC)ccc12. The Morgan fingerprint density at radius 3 is 2.22 bits per heavy atom. The first-order valence-corrected chi connectivity index (χ1v) is 13.3. The summed E-state index contributed by atoms with van der Waals surface area (Å²) in [5, 5.41) is 4.55. The third-order valence-corrected chi connectivity index (χ3v) is 7.95. The average molecular weight is 563 g/mol. The molecule has 2 aromatic heterocycles. The minimum Gasteiger partial charge on any atom is -0.497 e. The monoisotopic (exact) mass is 562 g/mol. The first kappa shape index (κ1) is 27.9. The van der Waals surface area contributed by atoms with Crippen molar-refractivity contribution in [3.05, 3.63) is 58.9 Å². The van der Waals surface area contributed by atoms with E-state index in [9.17, 15) is 14.4 Å². The predicted octanol–water partition coefficient (Wildman–Crippen LogP) is 4.68. The van der Waals surface area contributed by atoms with Gasteiger partial charge in [-0.1, -0.05) is 0 Å². The highest BCUT2D eigenvalue weighted by Gasteiger charge is 2.46. The van der Waals surface area contributed by atoms with E-state index < -0.39 is 17.7 Å². The highest BCUT2D eigenvalue weighted by atomic mass is 16.5. The second-order valence-electron chi connectivity index (χ2n) is 10.2. The van der Waals surface area contributed by atoms with Gasteiger partial charge in [-0.3, -0.25) is 9.69 Å². The molecule has 3 heterocycles. The molecule has 0 aliphatic carbocycles. The van der Waals surface area contributed by atoms with Crippen LogP contribution in [-0.4, -0.2) is 74.4 Å². The summed E-state index contributed by atoms with van der Waals surface area (Å²) in [6.45, 7) is 2.55. The van der Waals surface area contributed by atoms with E-state index in [1.54, 1.807) is 19.1 Å². The number of alkyl carbamates (subject to hydrolysis) is 1. The van der Waals surface area contributed by atoms with Gasteiger partial charge >= 0.3 is 12.2 Å². The van der Waals surface area contributed by atoms with Crippen molar-refractivity contribution in [2.24, 2.45) is 0 Å². The molecule has 41 heavy (non-hydrogen) atoms. The molecule has 3 N–H and O–H groups in total. The molecule has 11 nitrogen and oxygen atoms in total. The lowest BCUT2D eigenvalue weighted by Crippen LogP contribution is -2.52. The highest BCUT2D eigenvalue weighted by Crippen LogP contribution is 2.43. The van der Waals surface area contributed by atoms with E-state index in [1.165, 1.54) is 14.2 Å². The summed E-state index contributed by atoms with van der Waals surface area (Å²) in [5.41, 5.74) is 3.59. The zero-order valence-electron chi connectivity index (χ0n) is 23.8. The number of amides is 2. The Morgan fingerprint density at radius 1 is 0.927 bits per heavy atom. The molecule has 2 amide bonds. The maximum absolute atomic E-state index is 14.2. The number of aromatic amines is 2. The second-order valence-corrected chi connectivity index (χ2v) is 10.2. The molecule has 1 aliphatic rings. The van der Waals surface area contributed by atoms with Crippen LogP contribution in [0.15, 0.2) is 36.4 Å². The Labute approximate surface area is 237 Å². The van der Waals surface area contributed by atoms with Gasteiger partial charge in [0.25, 0.3) is 0 Å². The van der Waals surface area contributed by atoms with E-state index >= 15 is 0 Å². The Balaban J connectivity index is 1.58. The van der Waals surface area contributed by atoms with Gasteiger partial charge in [0.1, 0.15) is 11.5 Å². The standard InChI is InChI=1S/C30H34N4O7/c1-30(27-22(11-13-34(30)29(37)41-5)20-9-7-18(39-3)15-24(20)33-27)16-25(35)26-21(10-12-31-28(36)40-4)19-8-6-17(38-2)14-23(19)32-26/h6-9,14-15,32-33H,10-13,16H2,1-5H3,(H,31,36). The lowest BCUT2D eigenvalue weighted by atomic mass is 9.82. The fraction of sp³-hybridized carbons (Fsp3) is 0.367. The number of fused-ring (bicyclic) bond motifs is 4. The predicted molar refractivity (Wildman–Crippen MR) is 153 cm³/mol. The molecule has 216 valence electrons. The molecule has 4 aromatic rings. The normalized spacial score (nSPS) is 16.4. The Kier molecular flexibility index (Phi) is 7.53. The molecule has 1 atom stereocenters. The number of H-pyrrole nitrogens is 2. The molecule has 0 fully saturated rings. The zero-order chi connectivity index (χ0) is 29.3. The molecule has 2 aromatic carbocycles. The van der Waals surface area contributed by atoms with Crippen LogP contribution >= 0.6 is 0 Å². The van der Waals surface area contributed by atoms with Crippen LogP contribution in [0.25, 0.3) is 21.8 Å². The maximum atomic E-state index is 14.2. The fourth-order valence-corrected chi connectivity index (χ4v) is 5.90. The molecule has 1 unspecified atom stereocenters. The van der Waals surface area contributed by atoms with Gasteiger partial charge in [0.15, 0.2) is 5.78 Å². The maximum Gasteiger partial charge on any atom is 0.410 e. The Bertz CT molecular complexity index is 1640. The smallest absolute Gasteiger partial charge is 0.410 e. The molecule has 5 rings (SSSR count). The molecule has 0 saturated carbocycles. The van der Waals surface area contributed by atoms with Crippen molar-refractivity contribution >= 4 is 39.8 Å². The van der Waals surface area contributed by atoms with Crippen molar-refractivity contribution in [2.75, 3.05) is 41.5 Å². The number of Topliss-reactive ketones (excluding diaryl/α,β-unsaturated/α-hetero) is 1. The molecular weight excluding hydrogens is 528 g/mol. The third kappa shape index (κ3) is 4.92. The van der Waals surface area contributed by atoms with Gasteiger partial charge in [-0.25, -0.2) is 9.59 Å². The number of aromatic nitrogens is 2.